The SMILES string of the molecule is CC1(C)[C@H](C(=O)O)[C@@H]1C(=O)N1c2ccccc2C[C@H]1C(=O)O. The van der Waals surface area contributed by atoms with Crippen LogP contribution in [0, 0.1) is 17.3 Å². The number of hydrogen-bond donors (Lipinski definition) is 2. The van der Waals surface area contributed by atoms with Gasteiger partial charge in [0, 0.05) is 12.1 Å². The molecule has 2 N–H and O–H groups in total. The number of para-hydroxylation sites is 1. The highest BCUT2D eigenvalue weighted by Crippen LogP contribution is 2.59. The molecule has 0 spiro atoms. The van der Waals surface area contributed by atoms with E-state index < -0.39 is 41.1 Å². The van der Waals surface area contributed by atoms with Crippen molar-refractivity contribution in [3.05, 3.63) is 29.8 Å². The van der Waals surface area contributed by atoms with Crippen LogP contribution in [0.15, 0.2) is 24.3 Å². The Hall–Kier alpha value is -2.37. The van der Waals surface area contributed by atoms with Crippen LogP contribution in [0.1, 0.15) is 19.4 Å². The highest BCUT2D eigenvalue weighted by molar-refractivity contribution is 6.06. The smallest absolute Gasteiger partial charge is 0.327 e. The Morgan fingerprint density at radius 3 is 2.27 bits per heavy atom. The van der Waals surface area contributed by atoms with E-state index in [1.54, 1.807) is 38.1 Å². The van der Waals surface area contributed by atoms with E-state index in [9.17, 15) is 24.6 Å². The van der Waals surface area contributed by atoms with Crippen LogP contribution in [0.5, 0.6) is 0 Å². The van der Waals surface area contributed by atoms with E-state index in [1.165, 1.54) is 4.90 Å². The summed E-state index contributed by atoms with van der Waals surface area (Å²) in [5, 5.41) is 18.6. The van der Waals surface area contributed by atoms with Crippen LogP contribution in [0.2, 0.25) is 0 Å². The number of carboxylic acid groups (broad SMARTS) is 2. The van der Waals surface area contributed by atoms with Crippen molar-refractivity contribution >= 4 is 23.5 Å². The third kappa shape index (κ3) is 1.90. The molecule has 0 bridgehead atoms. The normalized spacial score (nSPS) is 28.1. The molecule has 6 nitrogen and oxygen atoms in total. The number of carbonyl (C=O) groups excluding carboxylic acids is 1. The van der Waals surface area contributed by atoms with E-state index >= 15 is 0 Å². The van der Waals surface area contributed by atoms with E-state index in [2.05, 4.69) is 0 Å². The molecule has 1 aromatic rings. The van der Waals surface area contributed by atoms with Crippen LogP contribution in [-0.2, 0) is 20.8 Å². The molecule has 1 aliphatic carbocycles. The zero-order valence-corrected chi connectivity index (χ0v) is 12.3. The second-order valence-corrected chi connectivity index (χ2v) is 6.51. The van der Waals surface area contributed by atoms with Crippen molar-refractivity contribution < 1.29 is 24.6 Å². The summed E-state index contributed by atoms with van der Waals surface area (Å²) in [6.45, 7) is 3.46. The van der Waals surface area contributed by atoms with Gasteiger partial charge in [-0.05, 0) is 17.0 Å². The van der Waals surface area contributed by atoms with Crippen molar-refractivity contribution in [1.82, 2.24) is 0 Å². The average molecular weight is 303 g/mol. The number of rotatable bonds is 3. The summed E-state index contributed by atoms with van der Waals surface area (Å²) in [4.78, 5) is 36.9. The molecule has 1 aliphatic heterocycles. The van der Waals surface area contributed by atoms with Gasteiger partial charge in [0.15, 0.2) is 0 Å². The highest BCUT2D eigenvalue weighted by Gasteiger charge is 2.67. The van der Waals surface area contributed by atoms with Crippen molar-refractivity contribution in [2.75, 3.05) is 4.90 Å². The molecule has 3 atom stereocenters. The molecule has 1 saturated carbocycles. The van der Waals surface area contributed by atoms with Crippen molar-refractivity contribution in [1.29, 1.82) is 0 Å². The van der Waals surface area contributed by atoms with Crippen LogP contribution < -0.4 is 4.90 Å². The lowest BCUT2D eigenvalue weighted by Crippen LogP contribution is -2.44. The number of hydrogen-bond acceptors (Lipinski definition) is 3. The topological polar surface area (TPSA) is 94.9 Å². The fourth-order valence-corrected chi connectivity index (χ4v) is 3.57. The first-order valence-corrected chi connectivity index (χ1v) is 7.13. The maximum atomic E-state index is 12.8. The van der Waals surface area contributed by atoms with Gasteiger partial charge in [-0.3, -0.25) is 14.5 Å². The van der Waals surface area contributed by atoms with Crippen LogP contribution in [-0.4, -0.2) is 34.1 Å². The highest BCUT2D eigenvalue weighted by atomic mass is 16.4. The fraction of sp³-hybridized carbons (Fsp3) is 0.438. The molecule has 0 radical (unpaired) electrons. The largest absolute Gasteiger partial charge is 0.481 e. The van der Waals surface area contributed by atoms with Gasteiger partial charge >= 0.3 is 11.9 Å². The lowest BCUT2D eigenvalue weighted by atomic mass is 10.1. The van der Waals surface area contributed by atoms with Gasteiger partial charge in [-0.15, -0.1) is 0 Å². The zero-order chi connectivity index (χ0) is 16.2. The predicted molar refractivity (Wildman–Crippen MR) is 77.5 cm³/mol. The predicted octanol–water partition coefficient (Wildman–Crippen LogP) is 1.39. The minimum absolute atomic E-state index is 0.252. The van der Waals surface area contributed by atoms with E-state index in [1.807, 2.05) is 0 Å². The molecule has 0 unspecified atom stereocenters. The number of aliphatic carboxylic acids is 2. The number of benzene rings is 1. The van der Waals surface area contributed by atoms with Crippen LogP contribution in [0.4, 0.5) is 5.69 Å². The van der Waals surface area contributed by atoms with Crippen molar-refractivity contribution in [3.8, 4) is 0 Å². The Morgan fingerprint density at radius 1 is 1.09 bits per heavy atom. The Kier molecular flexibility index (Phi) is 3.02. The summed E-state index contributed by atoms with van der Waals surface area (Å²) in [6, 6.07) is 6.09. The first kappa shape index (κ1) is 14.6. The van der Waals surface area contributed by atoms with Gasteiger partial charge in [-0.2, -0.15) is 0 Å². The molecule has 6 heteroatoms. The number of carbonyl (C=O) groups is 3. The fourth-order valence-electron chi connectivity index (χ4n) is 3.57. The molecule has 1 amide bonds. The number of carboxylic acids is 2. The Bertz CT molecular complexity index is 681. The maximum absolute atomic E-state index is 12.8. The molecule has 1 fully saturated rings. The minimum atomic E-state index is -1.07. The van der Waals surface area contributed by atoms with Crippen molar-refractivity contribution in [2.24, 2.45) is 17.3 Å². The third-order valence-electron chi connectivity index (χ3n) is 4.86. The summed E-state index contributed by atoms with van der Waals surface area (Å²) >= 11 is 0. The van der Waals surface area contributed by atoms with Gasteiger partial charge in [0.1, 0.15) is 6.04 Å². The number of anilines is 1. The number of amides is 1. The first-order chi connectivity index (χ1) is 10.3. The molecule has 2 aliphatic rings. The van der Waals surface area contributed by atoms with E-state index in [4.69, 9.17) is 0 Å². The van der Waals surface area contributed by atoms with E-state index in [-0.39, 0.29) is 6.42 Å². The van der Waals surface area contributed by atoms with Gasteiger partial charge < -0.3 is 10.2 Å². The van der Waals surface area contributed by atoms with Gasteiger partial charge in [0.25, 0.3) is 0 Å². The average Bonchev–Trinajstić information content (AvgIpc) is 2.84. The summed E-state index contributed by atoms with van der Waals surface area (Å²) in [5.74, 6) is -3.94. The van der Waals surface area contributed by atoms with Crippen molar-refractivity contribution in [3.63, 3.8) is 0 Å². The second kappa shape index (κ2) is 4.56. The molecule has 1 heterocycles. The quantitative estimate of drug-likeness (QED) is 0.879. The number of fused-ring (bicyclic) bond motifs is 1. The first-order valence-electron chi connectivity index (χ1n) is 7.13. The third-order valence-corrected chi connectivity index (χ3v) is 4.86. The molecule has 22 heavy (non-hydrogen) atoms. The molecule has 1 aromatic carbocycles. The Balaban J connectivity index is 1.97. The summed E-state index contributed by atoms with van der Waals surface area (Å²) in [5.41, 5.74) is 0.726. The zero-order valence-electron chi connectivity index (χ0n) is 12.3. The number of nitrogens with zero attached hydrogens (tertiary/aromatic N) is 1. The van der Waals surface area contributed by atoms with Crippen LogP contribution >= 0.6 is 0 Å². The monoisotopic (exact) mass is 303 g/mol. The van der Waals surface area contributed by atoms with Gasteiger partial charge in [-0.25, -0.2) is 4.79 Å². The van der Waals surface area contributed by atoms with E-state index in [0.717, 1.165) is 5.56 Å². The Labute approximate surface area is 127 Å². The maximum Gasteiger partial charge on any atom is 0.327 e. The molecule has 3 rings (SSSR count). The van der Waals surface area contributed by atoms with Gasteiger partial charge in [-0.1, -0.05) is 32.0 Å². The van der Waals surface area contributed by atoms with Crippen molar-refractivity contribution in [2.45, 2.75) is 26.3 Å². The summed E-state index contributed by atoms with van der Waals surface area (Å²) in [7, 11) is 0. The standard InChI is InChI=1S/C16H17NO5/c1-16(2)11(12(16)15(21)22)13(18)17-9-6-4-3-5-8(9)7-10(17)14(19)20/h3-6,10-12H,7H2,1-2H3,(H,19,20)(H,21,22)/t10-,11+,12-/m0/s1. The van der Waals surface area contributed by atoms with E-state index in [0.29, 0.717) is 5.69 Å². The lowest BCUT2D eigenvalue weighted by Gasteiger charge is -2.23. The molecule has 116 valence electrons. The van der Waals surface area contributed by atoms with Gasteiger partial charge in [0.05, 0.1) is 11.8 Å². The summed E-state index contributed by atoms with van der Waals surface area (Å²) < 4.78 is 0. The van der Waals surface area contributed by atoms with Crippen LogP contribution in [0.25, 0.3) is 0 Å². The molecule has 0 aromatic heterocycles. The molecule has 0 saturated heterocycles. The minimum Gasteiger partial charge on any atom is -0.481 e. The van der Waals surface area contributed by atoms with Crippen LogP contribution in [0.3, 0.4) is 0 Å². The molecular weight excluding hydrogens is 286 g/mol. The summed E-state index contributed by atoms with van der Waals surface area (Å²) in [6.07, 6.45) is 0.252. The van der Waals surface area contributed by atoms with Gasteiger partial charge in [0.2, 0.25) is 5.91 Å². The molecular formula is C16H17NO5. The lowest BCUT2D eigenvalue weighted by molar-refractivity contribution is -0.140. The Morgan fingerprint density at radius 2 is 1.73 bits per heavy atom. The second-order valence-electron chi connectivity index (χ2n) is 6.51.